The number of aromatic amines is 1. The third kappa shape index (κ3) is 5.88. The van der Waals surface area contributed by atoms with E-state index in [0.717, 1.165) is 31.5 Å². The summed E-state index contributed by atoms with van der Waals surface area (Å²) in [5, 5.41) is 0. The molecular weight excluding hydrogens is 414 g/mol. The smallest absolute Gasteiger partial charge is 0.319 e. The van der Waals surface area contributed by atoms with Crippen LogP contribution >= 0.6 is 0 Å². The molecule has 32 heavy (non-hydrogen) atoms. The SMILES string of the molecule is COC(=O)CN(CC(=O)c1c[nH]c(C(=O)N2CCCC2)c1)Cc1cc(OC)cc(OC)c1. The highest BCUT2D eigenvalue weighted by Crippen LogP contribution is 2.23. The van der Waals surface area contributed by atoms with Gasteiger partial charge in [0.05, 0.1) is 34.4 Å². The monoisotopic (exact) mass is 443 g/mol. The van der Waals surface area contributed by atoms with Gasteiger partial charge in [0.1, 0.15) is 17.2 Å². The quantitative estimate of drug-likeness (QED) is 0.443. The molecule has 3 rings (SSSR count). The maximum absolute atomic E-state index is 12.9. The summed E-state index contributed by atoms with van der Waals surface area (Å²) in [7, 11) is 4.42. The average Bonchev–Trinajstić information content (AvgIpc) is 3.50. The third-order valence-electron chi connectivity index (χ3n) is 5.39. The fourth-order valence-electron chi connectivity index (χ4n) is 3.69. The van der Waals surface area contributed by atoms with Crippen LogP contribution in [0.1, 0.15) is 39.3 Å². The summed E-state index contributed by atoms with van der Waals surface area (Å²) in [6.45, 7) is 1.68. The van der Waals surface area contributed by atoms with Crippen LogP contribution in [0.25, 0.3) is 0 Å². The Labute approximate surface area is 187 Å². The number of ether oxygens (including phenoxy) is 3. The number of H-pyrrole nitrogens is 1. The number of esters is 1. The molecule has 0 saturated carbocycles. The summed E-state index contributed by atoms with van der Waals surface area (Å²) < 4.78 is 15.4. The maximum Gasteiger partial charge on any atom is 0.319 e. The fourth-order valence-corrected chi connectivity index (χ4v) is 3.69. The lowest BCUT2D eigenvalue weighted by atomic mass is 10.1. The number of rotatable bonds is 10. The summed E-state index contributed by atoms with van der Waals surface area (Å²) >= 11 is 0. The number of nitrogens with zero attached hydrogens (tertiary/aromatic N) is 2. The Balaban J connectivity index is 1.73. The largest absolute Gasteiger partial charge is 0.497 e. The van der Waals surface area contributed by atoms with E-state index in [9.17, 15) is 14.4 Å². The second-order valence-electron chi connectivity index (χ2n) is 7.67. The fraction of sp³-hybridized carbons (Fsp3) is 0.435. The van der Waals surface area contributed by atoms with Crippen LogP contribution in [0.15, 0.2) is 30.5 Å². The molecule has 1 amide bonds. The molecule has 0 atom stereocenters. The van der Waals surface area contributed by atoms with Gasteiger partial charge in [-0.2, -0.15) is 0 Å². The van der Waals surface area contributed by atoms with Crippen molar-refractivity contribution in [3.63, 3.8) is 0 Å². The number of methoxy groups -OCH3 is 3. The number of Topliss-reactive ketones (excluding diaryl/α,β-unsaturated/α-hetero) is 1. The van der Waals surface area contributed by atoms with Crippen LogP contribution in [0.4, 0.5) is 0 Å². The van der Waals surface area contributed by atoms with E-state index < -0.39 is 5.97 Å². The van der Waals surface area contributed by atoms with Gasteiger partial charge in [-0.05, 0) is 36.6 Å². The van der Waals surface area contributed by atoms with E-state index in [1.807, 2.05) is 12.1 Å². The number of nitrogens with one attached hydrogen (secondary N) is 1. The topological polar surface area (TPSA) is 101 Å². The van der Waals surface area contributed by atoms with Crippen LogP contribution in [0.5, 0.6) is 11.5 Å². The van der Waals surface area contributed by atoms with E-state index in [2.05, 4.69) is 4.98 Å². The number of hydrogen-bond acceptors (Lipinski definition) is 7. The lowest BCUT2D eigenvalue weighted by Gasteiger charge is -2.21. The van der Waals surface area contributed by atoms with Crippen LogP contribution in [0.3, 0.4) is 0 Å². The Morgan fingerprint density at radius 2 is 1.62 bits per heavy atom. The van der Waals surface area contributed by atoms with Crippen LogP contribution in [-0.4, -0.2) is 80.0 Å². The first-order valence-electron chi connectivity index (χ1n) is 10.5. The summed E-state index contributed by atoms with van der Waals surface area (Å²) in [5.74, 6) is 0.461. The standard InChI is InChI=1S/C23H29N3O6/c1-30-18-8-16(9-19(11-18)31-2)13-25(15-22(28)32-3)14-21(27)17-10-20(24-12-17)23(29)26-6-4-5-7-26/h8-12,24H,4-7,13-15H2,1-3H3. The van der Waals surface area contributed by atoms with Gasteiger partial charge in [0.2, 0.25) is 0 Å². The Hall–Kier alpha value is -3.33. The van der Waals surface area contributed by atoms with Gasteiger partial charge in [0.25, 0.3) is 5.91 Å². The van der Waals surface area contributed by atoms with Crippen molar-refractivity contribution >= 4 is 17.7 Å². The number of hydrogen-bond donors (Lipinski definition) is 1. The van der Waals surface area contributed by atoms with Crippen molar-refractivity contribution in [3.05, 3.63) is 47.3 Å². The first kappa shape index (κ1) is 23.3. The molecule has 0 aliphatic carbocycles. The molecule has 1 aliphatic rings. The van der Waals surface area contributed by atoms with Crippen LogP contribution in [0.2, 0.25) is 0 Å². The summed E-state index contributed by atoms with van der Waals surface area (Å²) in [5.41, 5.74) is 1.61. The molecule has 0 unspecified atom stereocenters. The van der Waals surface area contributed by atoms with E-state index in [0.29, 0.717) is 29.3 Å². The molecule has 1 saturated heterocycles. The minimum Gasteiger partial charge on any atom is -0.497 e. The van der Waals surface area contributed by atoms with Gasteiger partial charge >= 0.3 is 5.97 Å². The van der Waals surface area contributed by atoms with E-state index in [1.54, 1.807) is 36.2 Å². The molecule has 1 aromatic carbocycles. The van der Waals surface area contributed by atoms with Crippen LogP contribution < -0.4 is 9.47 Å². The first-order chi connectivity index (χ1) is 15.4. The molecule has 2 heterocycles. The number of likely N-dealkylation sites (tertiary alicyclic amines) is 1. The molecule has 1 fully saturated rings. The van der Waals surface area contributed by atoms with Crippen molar-refractivity contribution in [2.45, 2.75) is 19.4 Å². The zero-order valence-corrected chi connectivity index (χ0v) is 18.7. The molecule has 1 aromatic heterocycles. The van der Waals surface area contributed by atoms with Crippen molar-refractivity contribution in [1.29, 1.82) is 0 Å². The van der Waals surface area contributed by atoms with Gasteiger partial charge in [-0.3, -0.25) is 19.3 Å². The molecule has 9 nitrogen and oxygen atoms in total. The van der Waals surface area contributed by atoms with Crippen molar-refractivity contribution in [1.82, 2.24) is 14.8 Å². The average molecular weight is 444 g/mol. The second kappa shape index (κ2) is 10.8. The molecule has 1 aliphatic heterocycles. The van der Waals surface area contributed by atoms with Crippen LogP contribution in [-0.2, 0) is 16.1 Å². The molecule has 0 bridgehead atoms. The maximum atomic E-state index is 12.9. The number of benzene rings is 1. The molecule has 172 valence electrons. The minimum absolute atomic E-state index is 0.0240. The van der Waals surface area contributed by atoms with Crippen molar-refractivity contribution in [3.8, 4) is 11.5 Å². The van der Waals surface area contributed by atoms with E-state index >= 15 is 0 Å². The van der Waals surface area contributed by atoms with E-state index in [4.69, 9.17) is 14.2 Å². The minimum atomic E-state index is -0.452. The highest BCUT2D eigenvalue weighted by molar-refractivity contribution is 6.01. The summed E-state index contributed by atoms with van der Waals surface area (Å²) in [4.78, 5) is 43.8. The van der Waals surface area contributed by atoms with E-state index in [-0.39, 0.29) is 24.8 Å². The van der Waals surface area contributed by atoms with Crippen LogP contribution in [0, 0.1) is 0 Å². The Morgan fingerprint density at radius 3 is 2.22 bits per heavy atom. The number of carbonyl (C=O) groups is 3. The van der Waals surface area contributed by atoms with Gasteiger partial charge in [-0.1, -0.05) is 0 Å². The number of aromatic nitrogens is 1. The molecular formula is C23H29N3O6. The normalized spacial score (nSPS) is 13.3. The number of ketones is 1. The number of carbonyl (C=O) groups excluding carboxylic acids is 3. The highest BCUT2D eigenvalue weighted by Gasteiger charge is 2.23. The predicted octanol–water partition coefficient (Wildman–Crippen LogP) is 2.13. The molecule has 0 spiro atoms. The summed E-state index contributed by atoms with van der Waals surface area (Å²) in [6, 6.07) is 6.96. The Kier molecular flexibility index (Phi) is 7.88. The molecule has 1 N–H and O–H groups in total. The molecule has 9 heteroatoms. The first-order valence-corrected chi connectivity index (χ1v) is 10.5. The lowest BCUT2D eigenvalue weighted by molar-refractivity contribution is -0.141. The van der Waals surface area contributed by atoms with Gasteiger partial charge < -0.3 is 24.1 Å². The van der Waals surface area contributed by atoms with Crippen molar-refractivity contribution < 1.29 is 28.6 Å². The van der Waals surface area contributed by atoms with Gasteiger partial charge in [-0.25, -0.2) is 0 Å². The zero-order chi connectivity index (χ0) is 23.1. The molecule has 0 radical (unpaired) electrons. The lowest BCUT2D eigenvalue weighted by Crippen LogP contribution is -2.34. The zero-order valence-electron chi connectivity index (χ0n) is 18.7. The molecule has 2 aromatic rings. The summed E-state index contributed by atoms with van der Waals surface area (Å²) in [6.07, 6.45) is 3.53. The number of amides is 1. The third-order valence-corrected chi connectivity index (χ3v) is 5.39. The Morgan fingerprint density at radius 1 is 0.969 bits per heavy atom. The highest BCUT2D eigenvalue weighted by atomic mass is 16.5. The van der Waals surface area contributed by atoms with Gasteiger partial charge in [0.15, 0.2) is 5.78 Å². The van der Waals surface area contributed by atoms with E-state index in [1.165, 1.54) is 13.3 Å². The predicted molar refractivity (Wildman–Crippen MR) is 117 cm³/mol. The van der Waals surface area contributed by atoms with Gasteiger partial charge in [0, 0.05) is 37.5 Å². The van der Waals surface area contributed by atoms with Crippen molar-refractivity contribution in [2.75, 3.05) is 47.5 Å². The van der Waals surface area contributed by atoms with Gasteiger partial charge in [-0.15, -0.1) is 0 Å². The van der Waals surface area contributed by atoms with Crippen molar-refractivity contribution in [2.24, 2.45) is 0 Å². The second-order valence-corrected chi connectivity index (χ2v) is 7.67. The Bertz CT molecular complexity index is 942.